The Morgan fingerprint density at radius 3 is 2.64 bits per heavy atom. The van der Waals surface area contributed by atoms with E-state index in [4.69, 9.17) is 0 Å². The Morgan fingerprint density at radius 1 is 1.14 bits per heavy atom. The minimum absolute atomic E-state index is 0.867. The van der Waals surface area contributed by atoms with Crippen LogP contribution in [-0.4, -0.2) is 12.1 Å². The van der Waals surface area contributed by atoms with E-state index in [0.717, 1.165) is 23.9 Å². The van der Waals surface area contributed by atoms with Crippen LogP contribution < -0.4 is 5.32 Å². The Morgan fingerprint density at radius 2 is 2.00 bits per heavy atom. The van der Waals surface area contributed by atoms with Crippen molar-refractivity contribution < 1.29 is 0 Å². The molecule has 0 radical (unpaired) electrons. The van der Waals surface area contributed by atoms with E-state index >= 15 is 0 Å². The van der Waals surface area contributed by atoms with Crippen molar-refractivity contribution in [3.05, 3.63) is 0 Å². The highest BCUT2D eigenvalue weighted by molar-refractivity contribution is 4.96. The molecule has 0 aliphatic heterocycles. The molecule has 2 rings (SSSR count). The molecule has 0 aromatic carbocycles. The summed E-state index contributed by atoms with van der Waals surface area (Å²) in [5, 5.41) is 3.85. The molecule has 0 aromatic heterocycles. The summed E-state index contributed by atoms with van der Waals surface area (Å²) in [6, 6.07) is 1.77. The minimum Gasteiger partial charge on any atom is -0.311 e. The summed E-state index contributed by atoms with van der Waals surface area (Å²) in [6.07, 6.45) is 10.0. The summed E-state index contributed by atoms with van der Waals surface area (Å²) in [5.41, 5.74) is 0. The van der Waals surface area contributed by atoms with E-state index in [0.29, 0.717) is 0 Å². The second kappa shape index (κ2) is 4.65. The quantitative estimate of drug-likeness (QED) is 0.709. The fraction of sp³-hybridized carbons (Fsp3) is 1.00. The fourth-order valence-electron chi connectivity index (χ4n) is 3.04. The molecule has 0 saturated heterocycles. The van der Waals surface area contributed by atoms with Gasteiger partial charge in [0.25, 0.3) is 0 Å². The van der Waals surface area contributed by atoms with Gasteiger partial charge in [-0.05, 0) is 43.9 Å². The Hall–Kier alpha value is -0.0400. The first-order valence-electron chi connectivity index (χ1n) is 6.59. The lowest BCUT2D eigenvalue weighted by Gasteiger charge is -2.12. The first-order valence-corrected chi connectivity index (χ1v) is 6.59. The molecule has 0 spiro atoms. The van der Waals surface area contributed by atoms with Gasteiger partial charge in [-0.1, -0.05) is 26.7 Å². The Kier molecular flexibility index (Phi) is 3.48. The first-order chi connectivity index (χ1) is 6.83. The van der Waals surface area contributed by atoms with Gasteiger partial charge in [0.2, 0.25) is 0 Å². The maximum Gasteiger partial charge on any atom is 0.0102 e. The van der Waals surface area contributed by atoms with Crippen LogP contribution >= 0.6 is 0 Å². The van der Waals surface area contributed by atoms with Crippen molar-refractivity contribution in [2.24, 2.45) is 11.8 Å². The third-order valence-corrected chi connectivity index (χ3v) is 4.15. The Labute approximate surface area is 88.7 Å². The van der Waals surface area contributed by atoms with Crippen molar-refractivity contribution >= 4 is 0 Å². The average molecular weight is 195 g/mol. The van der Waals surface area contributed by atoms with Crippen molar-refractivity contribution in [1.29, 1.82) is 0 Å². The van der Waals surface area contributed by atoms with Crippen LogP contribution in [0.5, 0.6) is 0 Å². The molecule has 0 amide bonds. The summed E-state index contributed by atoms with van der Waals surface area (Å²) in [7, 11) is 0. The molecule has 82 valence electrons. The van der Waals surface area contributed by atoms with Crippen LogP contribution in [-0.2, 0) is 0 Å². The van der Waals surface area contributed by atoms with E-state index in [1.54, 1.807) is 0 Å². The molecule has 2 saturated carbocycles. The highest BCUT2D eigenvalue weighted by atomic mass is 15.0. The SMILES string of the molecule is CCCC1CC1NC1CCC(CC)C1. The highest BCUT2D eigenvalue weighted by Crippen LogP contribution is 2.37. The molecule has 1 nitrogen and oxygen atoms in total. The summed E-state index contributed by atoms with van der Waals surface area (Å²) in [4.78, 5) is 0. The third kappa shape index (κ3) is 2.50. The predicted molar refractivity (Wildman–Crippen MR) is 61.4 cm³/mol. The second-order valence-corrected chi connectivity index (χ2v) is 5.34. The van der Waals surface area contributed by atoms with E-state index in [-0.39, 0.29) is 0 Å². The third-order valence-electron chi connectivity index (χ3n) is 4.15. The lowest BCUT2D eigenvalue weighted by atomic mass is 10.1. The predicted octanol–water partition coefficient (Wildman–Crippen LogP) is 3.34. The molecule has 4 atom stereocenters. The van der Waals surface area contributed by atoms with E-state index in [1.807, 2.05) is 0 Å². The van der Waals surface area contributed by atoms with Gasteiger partial charge in [0.15, 0.2) is 0 Å². The molecule has 0 aromatic rings. The second-order valence-electron chi connectivity index (χ2n) is 5.34. The van der Waals surface area contributed by atoms with Crippen molar-refractivity contribution in [2.75, 3.05) is 0 Å². The fourth-order valence-corrected chi connectivity index (χ4v) is 3.04. The van der Waals surface area contributed by atoms with Gasteiger partial charge in [0.05, 0.1) is 0 Å². The maximum absolute atomic E-state index is 3.85. The molecule has 0 bridgehead atoms. The standard InChI is InChI=1S/C13H25N/c1-3-5-11-9-13(11)14-12-7-6-10(4-2)8-12/h10-14H,3-9H2,1-2H3. The number of rotatable bonds is 5. The molecule has 0 heterocycles. The van der Waals surface area contributed by atoms with Crippen LogP contribution in [0.4, 0.5) is 0 Å². The Bertz CT molecular complexity index is 178. The van der Waals surface area contributed by atoms with Crippen molar-refractivity contribution in [2.45, 2.75) is 70.9 Å². The molecule has 1 heteroatoms. The summed E-state index contributed by atoms with van der Waals surface area (Å²) >= 11 is 0. The van der Waals surface area contributed by atoms with E-state index in [1.165, 1.54) is 44.9 Å². The van der Waals surface area contributed by atoms with Gasteiger partial charge in [-0.15, -0.1) is 0 Å². The summed E-state index contributed by atoms with van der Waals surface area (Å²) in [6.45, 7) is 4.64. The van der Waals surface area contributed by atoms with E-state index in [9.17, 15) is 0 Å². The lowest BCUT2D eigenvalue weighted by molar-refractivity contribution is 0.462. The van der Waals surface area contributed by atoms with Gasteiger partial charge in [0, 0.05) is 12.1 Å². The zero-order valence-corrected chi connectivity index (χ0v) is 9.76. The topological polar surface area (TPSA) is 12.0 Å². The van der Waals surface area contributed by atoms with Crippen LogP contribution in [0, 0.1) is 11.8 Å². The smallest absolute Gasteiger partial charge is 0.0102 e. The number of hydrogen-bond acceptors (Lipinski definition) is 1. The monoisotopic (exact) mass is 195 g/mol. The lowest BCUT2D eigenvalue weighted by Crippen LogP contribution is -2.29. The van der Waals surface area contributed by atoms with Gasteiger partial charge >= 0.3 is 0 Å². The summed E-state index contributed by atoms with van der Waals surface area (Å²) < 4.78 is 0. The largest absolute Gasteiger partial charge is 0.311 e. The average Bonchev–Trinajstić information content (AvgIpc) is 2.76. The van der Waals surface area contributed by atoms with Gasteiger partial charge in [-0.25, -0.2) is 0 Å². The molecular formula is C13H25N. The molecule has 2 aliphatic carbocycles. The first kappa shape index (κ1) is 10.5. The summed E-state index contributed by atoms with van der Waals surface area (Å²) in [5.74, 6) is 2.05. The van der Waals surface area contributed by atoms with Crippen LogP contribution in [0.25, 0.3) is 0 Å². The van der Waals surface area contributed by atoms with Gasteiger partial charge in [-0.2, -0.15) is 0 Å². The Balaban J connectivity index is 1.63. The van der Waals surface area contributed by atoms with Crippen molar-refractivity contribution in [1.82, 2.24) is 5.32 Å². The number of hydrogen-bond donors (Lipinski definition) is 1. The molecule has 14 heavy (non-hydrogen) atoms. The molecule has 1 N–H and O–H groups in total. The van der Waals surface area contributed by atoms with E-state index in [2.05, 4.69) is 19.2 Å². The zero-order chi connectivity index (χ0) is 9.97. The normalized spacial score (nSPS) is 41.6. The van der Waals surface area contributed by atoms with Crippen LogP contribution in [0.1, 0.15) is 58.8 Å². The van der Waals surface area contributed by atoms with Crippen molar-refractivity contribution in [3.8, 4) is 0 Å². The van der Waals surface area contributed by atoms with Crippen LogP contribution in [0.15, 0.2) is 0 Å². The minimum atomic E-state index is 0.867. The van der Waals surface area contributed by atoms with Crippen LogP contribution in [0.2, 0.25) is 0 Å². The molecule has 2 fully saturated rings. The van der Waals surface area contributed by atoms with E-state index < -0.39 is 0 Å². The van der Waals surface area contributed by atoms with Crippen molar-refractivity contribution in [3.63, 3.8) is 0 Å². The van der Waals surface area contributed by atoms with Gasteiger partial charge < -0.3 is 5.32 Å². The van der Waals surface area contributed by atoms with Crippen LogP contribution in [0.3, 0.4) is 0 Å². The van der Waals surface area contributed by atoms with Gasteiger partial charge in [-0.3, -0.25) is 0 Å². The molecule has 4 unspecified atom stereocenters. The number of nitrogens with one attached hydrogen (secondary N) is 1. The van der Waals surface area contributed by atoms with Gasteiger partial charge in [0.1, 0.15) is 0 Å². The maximum atomic E-state index is 3.85. The molecular weight excluding hydrogens is 170 g/mol. The highest BCUT2D eigenvalue weighted by Gasteiger charge is 2.38. The molecule has 2 aliphatic rings. The zero-order valence-electron chi connectivity index (χ0n) is 9.76.